The molecule has 0 saturated carbocycles. The Balaban J connectivity index is 2.42. The first kappa shape index (κ1) is 14.4. The summed E-state index contributed by atoms with van der Waals surface area (Å²) in [6.45, 7) is -0.128. The molecule has 1 aromatic heterocycles. The molecule has 0 fully saturated rings. The summed E-state index contributed by atoms with van der Waals surface area (Å²) in [5, 5.41) is 10.7. The van der Waals surface area contributed by atoms with Crippen LogP contribution in [0.25, 0.3) is 0 Å². The van der Waals surface area contributed by atoms with Gasteiger partial charge in [0.2, 0.25) is 0 Å². The number of benzene rings is 1. The maximum atomic E-state index is 13.5. The summed E-state index contributed by atoms with van der Waals surface area (Å²) < 4.78 is 19.2. The van der Waals surface area contributed by atoms with Crippen LogP contribution in [0.15, 0.2) is 34.0 Å². The molecule has 0 aliphatic carbocycles. The van der Waals surface area contributed by atoms with E-state index >= 15 is 0 Å². The van der Waals surface area contributed by atoms with Gasteiger partial charge in [0.05, 0.1) is 24.8 Å². The molecule has 21 heavy (non-hydrogen) atoms. The first-order chi connectivity index (χ1) is 9.92. The van der Waals surface area contributed by atoms with Gasteiger partial charge in [0.1, 0.15) is 0 Å². The number of nitrogens with one attached hydrogen (secondary N) is 1. The molecule has 0 unspecified atom stereocenters. The number of aromatic amines is 1. The van der Waals surface area contributed by atoms with Crippen molar-refractivity contribution in [3.63, 3.8) is 0 Å². The molecule has 0 amide bonds. The second-order valence-corrected chi connectivity index (χ2v) is 4.13. The van der Waals surface area contributed by atoms with E-state index in [9.17, 15) is 24.1 Å². The number of hydrogen-bond acceptors (Lipinski definition) is 5. The highest BCUT2D eigenvalue weighted by atomic mass is 19.1. The van der Waals surface area contributed by atoms with Crippen molar-refractivity contribution in [2.45, 2.75) is 6.54 Å². The highest BCUT2D eigenvalue weighted by Gasteiger charge is 2.15. The highest BCUT2D eigenvalue weighted by molar-refractivity contribution is 5.30. The molecule has 0 saturated heterocycles. The number of ether oxygens (including phenoxy) is 1. The standard InChI is InChI=1S/C12H10FN3O5/c1-21-10-3-2-7(4-8(10)13)5-15-6-9(16(19)20)11(17)14-12(15)18/h2-4,6H,5H2,1H3,(H,14,17,18). The van der Waals surface area contributed by atoms with E-state index in [2.05, 4.69) is 0 Å². The van der Waals surface area contributed by atoms with Gasteiger partial charge in [-0.25, -0.2) is 9.18 Å². The van der Waals surface area contributed by atoms with Crippen LogP contribution in [0.3, 0.4) is 0 Å². The van der Waals surface area contributed by atoms with Crippen molar-refractivity contribution < 1.29 is 14.1 Å². The van der Waals surface area contributed by atoms with E-state index in [0.29, 0.717) is 5.56 Å². The van der Waals surface area contributed by atoms with E-state index in [4.69, 9.17) is 4.74 Å². The molecule has 110 valence electrons. The Morgan fingerprint density at radius 1 is 1.43 bits per heavy atom. The van der Waals surface area contributed by atoms with Crippen molar-refractivity contribution in [2.75, 3.05) is 7.11 Å². The molecule has 1 aromatic carbocycles. The number of rotatable bonds is 4. The third kappa shape index (κ3) is 2.96. The Hall–Kier alpha value is -2.97. The van der Waals surface area contributed by atoms with Gasteiger partial charge in [-0.3, -0.25) is 24.5 Å². The molecule has 8 nitrogen and oxygen atoms in total. The van der Waals surface area contributed by atoms with E-state index in [0.717, 1.165) is 16.8 Å². The summed E-state index contributed by atoms with van der Waals surface area (Å²) in [6, 6.07) is 4.02. The van der Waals surface area contributed by atoms with Crippen LogP contribution >= 0.6 is 0 Å². The molecule has 0 spiro atoms. The zero-order valence-electron chi connectivity index (χ0n) is 10.8. The van der Waals surface area contributed by atoms with E-state index in [1.165, 1.54) is 19.2 Å². The van der Waals surface area contributed by atoms with Gasteiger partial charge in [0.15, 0.2) is 11.6 Å². The van der Waals surface area contributed by atoms with E-state index < -0.39 is 27.7 Å². The summed E-state index contributed by atoms with van der Waals surface area (Å²) in [6.07, 6.45) is 0.823. The van der Waals surface area contributed by atoms with Gasteiger partial charge in [0.25, 0.3) is 0 Å². The van der Waals surface area contributed by atoms with Crippen LogP contribution in [-0.4, -0.2) is 21.6 Å². The van der Waals surface area contributed by atoms with Crippen molar-refractivity contribution in [1.29, 1.82) is 0 Å². The van der Waals surface area contributed by atoms with Crippen LogP contribution in [-0.2, 0) is 6.54 Å². The molecule has 0 bridgehead atoms. The molecular weight excluding hydrogens is 285 g/mol. The molecule has 1 N–H and O–H groups in total. The Morgan fingerprint density at radius 3 is 2.71 bits per heavy atom. The van der Waals surface area contributed by atoms with Crippen molar-refractivity contribution in [3.05, 3.63) is 66.7 Å². The number of nitro groups is 1. The minimum absolute atomic E-state index is 0.0403. The molecular formula is C12H10FN3O5. The number of methoxy groups -OCH3 is 1. The fourth-order valence-electron chi connectivity index (χ4n) is 1.75. The van der Waals surface area contributed by atoms with Crippen LogP contribution in [0.5, 0.6) is 5.75 Å². The summed E-state index contributed by atoms with van der Waals surface area (Å²) in [5.41, 5.74) is -2.27. The summed E-state index contributed by atoms with van der Waals surface area (Å²) >= 11 is 0. The monoisotopic (exact) mass is 295 g/mol. The number of nitrogens with zero attached hydrogens (tertiary/aromatic N) is 2. The van der Waals surface area contributed by atoms with Crippen molar-refractivity contribution >= 4 is 5.69 Å². The Labute approximate surface area is 116 Å². The third-order valence-electron chi connectivity index (χ3n) is 2.76. The minimum atomic E-state index is -1.08. The topological polar surface area (TPSA) is 107 Å². The third-order valence-corrected chi connectivity index (χ3v) is 2.76. The van der Waals surface area contributed by atoms with Crippen LogP contribution in [0.4, 0.5) is 10.1 Å². The Morgan fingerprint density at radius 2 is 2.14 bits per heavy atom. The molecule has 0 aliphatic rings. The van der Waals surface area contributed by atoms with E-state index in [-0.39, 0.29) is 12.3 Å². The normalized spacial score (nSPS) is 10.4. The van der Waals surface area contributed by atoms with Crippen LogP contribution in [0, 0.1) is 15.9 Å². The molecule has 1 heterocycles. The fourth-order valence-corrected chi connectivity index (χ4v) is 1.75. The average molecular weight is 295 g/mol. The Kier molecular flexibility index (Phi) is 3.83. The van der Waals surface area contributed by atoms with Gasteiger partial charge in [-0.1, -0.05) is 6.07 Å². The molecule has 0 radical (unpaired) electrons. The summed E-state index contributed by atoms with van der Waals surface area (Å²) in [5.74, 6) is -0.583. The maximum Gasteiger partial charge on any atom is 0.350 e. The van der Waals surface area contributed by atoms with Crippen LogP contribution in [0.1, 0.15) is 5.56 Å². The number of aromatic nitrogens is 2. The number of halogens is 1. The van der Waals surface area contributed by atoms with Crippen molar-refractivity contribution in [3.8, 4) is 5.75 Å². The second-order valence-electron chi connectivity index (χ2n) is 4.13. The number of hydrogen-bond donors (Lipinski definition) is 1. The fraction of sp³-hybridized carbons (Fsp3) is 0.167. The van der Waals surface area contributed by atoms with E-state index in [1.54, 1.807) is 0 Å². The summed E-state index contributed by atoms with van der Waals surface area (Å²) in [7, 11) is 1.31. The SMILES string of the molecule is COc1ccc(Cn2cc([N+](=O)[O-])c(=O)[nH]c2=O)cc1F. The molecule has 2 aromatic rings. The van der Waals surface area contributed by atoms with Crippen molar-refractivity contribution in [2.24, 2.45) is 0 Å². The van der Waals surface area contributed by atoms with Gasteiger partial charge in [-0.05, 0) is 17.7 Å². The van der Waals surface area contributed by atoms with Gasteiger partial charge < -0.3 is 4.74 Å². The minimum Gasteiger partial charge on any atom is -0.494 e. The maximum absolute atomic E-state index is 13.5. The second kappa shape index (κ2) is 5.57. The predicted molar refractivity (Wildman–Crippen MR) is 70.0 cm³/mol. The lowest BCUT2D eigenvalue weighted by atomic mass is 10.2. The number of H-pyrrole nitrogens is 1. The van der Waals surface area contributed by atoms with Gasteiger partial charge in [-0.2, -0.15) is 0 Å². The largest absolute Gasteiger partial charge is 0.494 e. The smallest absolute Gasteiger partial charge is 0.350 e. The van der Waals surface area contributed by atoms with Gasteiger partial charge in [0, 0.05) is 0 Å². The zero-order chi connectivity index (χ0) is 15.6. The zero-order valence-corrected chi connectivity index (χ0v) is 10.8. The average Bonchev–Trinajstić information content (AvgIpc) is 2.41. The van der Waals surface area contributed by atoms with E-state index in [1.807, 2.05) is 4.98 Å². The molecule has 9 heteroatoms. The lowest BCUT2D eigenvalue weighted by Gasteiger charge is -2.07. The lowest BCUT2D eigenvalue weighted by Crippen LogP contribution is -2.31. The van der Waals surface area contributed by atoms with Crippen LogP contribution in [0.2, 0.25) is 0 Å². The first-order valence-electron chi connectivity index (χ1n) is 5.73. The quantitative estimate of drug-likeness (QED) is 0.658. The summed E-state index contributed by atoms with van der Waals surface area (Å²) in [4.78, 5) is 34.4. The molecule has 2 rings (SSSR count). The predicted octanol–water partition coefficient (Wildman–Crippen LogP) is 0.641. The molecule has 0 aliphatic heterocycles. The molecule has 0 atom stereocenters. The first-order valence-corrected chi connectivity index (χ1v) is 5.73. The van der Waals surface area contributed by atoms with Crippen LogP contribution < -0.4 is 16.0 Å². The van der Waals surface area contributed by atoms with Gasteiger partial charge in [-0.15, -0.1) is 0 Å². The lowest BCUT2D eigenvalue weighted by molar-refractivity contribution is -0.386. The Bertz CT molecular complexity index is 811. The highest BCUT2D eigenvalue weighted by Crippen LogP contribution is 2.18. The van der Waals surface area contributed by atoms with Gasteiger partial charge >= 0.3 is 16.9 Å². The van der Waals surface area contributed by atoms with Crippen molar-refractivity contribution in [1.82, 2.24) is 9.55 Å².